The molecule has 4 heteroatoms. The fraction of sp³-hybridized carbons (Fsp3) is 0.417. The maximum Gasteiger partial charge on any atom is 0.253 e. The van der Waals surface area contributed by atoms with Gasteiger partial charge in [-0.05, 0) is 24.3 Å². The fourth-order valence-corrected chi connectivity index (χ4v) is 1.33. The molecule has 0 spiro atoms. The van der Waals surface area contributed by atoms with Crippen LogP contribution in [0, 0.1) is 0 Å². The number of benzene rings is 1. The van der Waals surface area contributed by atoms with E-state index in [1.165, 1.54) is 0 Å². The van der Waals surface area contributed by atoms with Crippen molar-refractivity contribution in [3.05, 3.63) is 29.8 Å². The van der Waals surface area contributed by atoms with Crippen molar-refractivity contribution in [1.82, 2.24) is 4.90 Å². The van der Waals surface area contributed by atoms with Crippen LogP contribution in [0.4, 0.5) is 5.69 Å². The van der Waals surface area contributed by atoms with Crippen molar-refractivity contribution in [3.8, 4) is 0 Å². The summed E-state index contributed by atoms with van der Waals surface area (Å²) in [5.41, 5.74) is 1.69. The summed E-state index contributed by atoms with van der Waals surface area (Å²) in [4.78, 5) is 13.6. The zero-order chi connectivity index (χ0) is 12.0. The number of likely N-dealkylation sites (N-methyl/N-ethyl adjacent to an activating group) is 1. The van der Waals surface area contributed by atoms with Gasteiger partial charge in [0.25, 0.3) is 5.91 Å². The van der Waals surface area contributed by atoms with Gasteiger partial charge < -0.3 is 15.0 Å². The van der Waals surface area contributed by atoms with Crippen LogP contribution in [0.5, 0.6) is 0 Å². The third-order valence-electron chi connectivity index (χ3n) is 2.40. The smallest absolute Gasteiger partial charge is 0.253 e. The molecule has 0 atom stereocenters. The van der Waals surface area contributed by atoms with Crippen LogP contribution < -0.4 is 5.32 Å². The third kappa shape index (κ3) is 3.24. The molecule has 0 unspecified atom stereocenters. The number of hydrogen-bond donors (Lipinski definition) is 1. The predicted molar refractivity (Wildman–Crippen MR) is 64.8 cm³/mol. The van der Waals surface area contributed by atoms with Crippen LogP contribution in [-0.2, 0) is 4.74 Å². The summed E-state index contributed by atoms with van der Waals surface area (Å²) in [6.45, 7) is 1.15. The molecule has 0 aromatic heterocycles. The van der Waals surface area contributed by atoms with Gasteiger partial charge >= 0.3 is 0 Å². The fourth-order valence-electron chi connectivity index (χ4n) is 1.33. The van der Waals surface area contributed by atoms with E-state index in [0.29, 0.717) is 18.7 Å². The normalized spacial score (nSPS) is 9.94. The average Bonchev–Trinajstić information content (AvgIpc) is 2.35. The number of nitrogens with one attached hydrogen (secondary N) is 1. The Morgan fingerprint density at radius 1 is 1.38 bits per heavy atom. The number of hydrogen-bond acceptors (Lipinski definition) is 3. The lowest BCUT2D eigenvalue weighted by atomic mass is 10.2. The van der Waals surface area contributed by atoms with E-state index >= 15 is 0 Å². The molecule has 1 amide bonds. The highest BCUT2D eigenvalue weighted by molar-refractivity contribution is 5.94. The molecule has 0 aliphatic rings. The average molecular weight is 222 g/mol. The lowest BCUT2D eigenvalue weighted by Gasteiger charge is -2.16. The quantitative estimate of drug-likeness (QED) is 0.819. The number of amides is 1. The first-order valence-electron chi connectivity index (χ1n) is 5.21. The topological polar surface area (TPSA) is 41.6 Å². The first-order valence-corrected chi connectivity index (χ1v) is 5.21. The number of ether oxygens (including phenoxy) is 1. The van der Waals surface area contributed by atoms with Gasteiger partial charge in [-0.25, -0.2) is 0 Å². The van der Waals surface area contributed by atoms with Crippen LogP contribution in [-0.4, -0.2) is 45.2 Å². The van der Waals surface area contributed by atoms with Crippen LogP contribution in [0.25, 0.3) is 0 Å². The minimum absolute atomic E-state index is 0.0136. The Hall–Kier alpha value is -1.55. The van der Waals surface area contributed by atoms with E-state index in [0.717, 1.165) is 5.69 Å². The Kier molecular flexibility index (Phi) is 4.79. The second kappa shape index (κ2) is 6.12. The van der Waals surface area contributed by atoms with Gasteiger partial charge in [-0.3, -0.25) is 4.79 Å². The second-order valence-electron chi connectivity index (χ2n) is 3.55. The Labute approximate surface area is 96.2 Å². The van der Waals surface area contributed by atoms with Gasteiger partial charge in [0.05, 0.1) is 6.61 Å². The number of carbonyl (C=O) groups is 1. The Morgan fingerprint density at radius 3 is 2.50 bits per heavy atom. The molecule has 0 fully saturated rings. The zero-order valence-corrected chi connectivity index (χ0v) is 9.99. The summed E-state index contributed by atoms with van der Waals surface area (Å²) in [5.74, 6) is 0.0136. The third-order valence-corrected chi connectivity index (χ3v) is 2.40. The van der Waals surface area contributed by atoms with Crippen LogP contribution in [0.1, 0.15) is 10.4 Å². The van der Waals surface area contributed by atoms with Gasteiger partial charge in [-0.15, -0.1) is 0 Å². The molecule has 1 rings (SSSR count). The van der Waals surface area contributed by atoms with E-state index in [1.807, 2.05) is 31.3 Å². The van der Waals surface area contributed by atoms with Crippen molar-refractivity contribution < 1.29 is 9.53 Å². The standard InChI is InChI=1S/C12H18N2O2/c1-13-11-6-4-10(5-7-11)12(15)14(2)8-9-16-3/h4-7,13H,8-9H2,1-3H3. The maximum absolute atomic E-state index is 11.9. The van der Waals surface area contributed by atoms with Crippen molar-refractivity contribution in [2.75, 3.05) is 39.7 Å². The molecule has 0 saturated heterocycles. The first kappa shape index (κ1) is 12.5. The Bertz CT molecular complexity index is 335. The summed E-state index contributed by atoms with van der Waals surface area (Å²) in [6, 6.07) is 7.41. The monoisotopic (exact) mass is 222 g/mol. The van der Waals surface area contributed by atoms with Crippen LogP contribution in [0.15, 0.2) is 24.3 Å². The van der Waals surface area contributed by atoms with Crippen LogP contribution in [0.2, 0.25) is 0 Å². The van der Waals surface area contributed by atoms with Crippen molar-refractivity contribution in [2.45, 2.75) is 0 Å². The van der Waals surface area contributed by atoms with E-state index in [-0.39, 0.29) is 5.91 Å². The molecule has 16 heavy (non-hydrogen) atoms. The largest absolute Gasteiger partial charge is 0.388 e. The predicted octanol–water partition coefficient (Wildman–Crippen LogP) is 1.45. The van der Waals surface area contributed by atoms with Crippen molar-refractivity contribution in [3.63, 3.8) is 0 Å². The van der Waals surface area contributed by atoms with Crippen molar-refractivity contribution in [2.24, 2.45) is 0 Å². The first-order chi connectivity index (χ1) is 7.69. The second-order valence-corrected chi connectivity index (χ2v) is 3.55. The van der Waals surface area contributed by atoms with Crippen LogP contribution in [0.3, 0.4) is 0 Å². The van der Waals surface area contributed by atoms with E-state index < -0.39 is 0 Å². The SMILES string of the molecule is CNc1ccc(C(=O)N(C)CCOC)cc1. The number of carbonyl (C=O) groups excluding carboxylic acids is 1. The molecular formula is C12H18N2O2. The van der Waals surface area contributed by atoms with E-state index in [2.05, 4.69) is 5.32 Å². The summed E-state index contributed by atoms with van der Waals surface area (Å²) in [5, 5.41) is 3.01. The molecule has 4 nitrogen and oxygen atoms in total. The van der Waals surface area contributed by atoms with Gasteiger partial charge in [-0.2, -0.15) is 0 Å². The number of anilines is 1. The number of methoxy groups -OCH3 is 1. The molecule has 0 radical (unpaired) electrons. The molecule has 88 valence electrons. The van der Waals surface area contributed by atoms with Gasteiger partial charge in [0.2, 0.25) is 0 Å². The van der Waals surface area contributed by atoms with Gasteiger partial charge in [-0.1, -0.05) is 0 Å². The van der Waals surface area contributed by atoms with E-state index in [1.54, 1.807) is 19.1 Å². The van der Waals surface area contributed by atoms with Crippen LogP contribution >= 0.6 is 0 Å². The molecule has 0 aliphatic heterocycles. The van der Waals surface area contributed by atoms with Crippen molar-refractivity contribution >= 4 is 11.6 Å². The van der Waals surface area contributed by atoms with E-state index in [9.17, 15) is 4.79 Å². The highest BCUT2D eigenvalue weighted by atomic mass is 16.5. The van der Waals surface area contributed by atoms with Crippen molar-refractivity contribution in [1.29, 1.82) is 0 Å². The Balaban J connectivity index is 2.64. The minimum Gasteiger partial charge on any atom is -0.388 e. The molecule has 1 aromatic rings. The molecule has 0 aliphatic carbocycles. The van der Waals surface area contributed by atoms with E-state index in [4.69, 9.17) is 4.74 Å². The molecule has 0 saturated carbocycles. The summed E-state index contributed by atoms with van der Waals surface area (Å²) in [7, 11) is 5.24. The molecule has 0 heterocycles. The molecular weight excluding hydrogens is 204 g/mol. The zero-order valence-electron chi connectivity index (χ0n) is 9.99. The molecule has 1 N–H and O–H groups in total. The van der Waals surface area contributed by atoms with Gasteiger partial charge in [0, 0.05) is 39.0 Å². The summed E-state index contributed by atoms with van der Waals surface area (Å²) < 4.78 is 4.93. The highest BCUT2D eigenvalue weighted by Gasteiger charge is 2.10. The Morgan fingerprint density at radius 2 is 2.00 bits per heavy atom. The van der Waals surface area contributed by atoms with Gasteiger partial charge in [0.1, 0.15) is 0 Å². The molecule has 0 bridgehead atoms. The lowest BCUT2D eigenvalue weighted by molar-refractivity contribution is 0.0744. The number of nitrogens with zero attached hydrogens (tertiary/aromatic N) is 1. The summed E-state index contributed by atoms with van der Waals surface area (Å²) >= 11 is 0. The number of rotatable bonds is 5. The lowest BCUT2D eigenvalue weighted by Crippen LogP contribution is -2.29. The van der Waals surface area contributed by atoms with Gasteiger partial charge in [0.15, 0.2) is 0 Å². The molecule has 1 aromatic carbocycles. The highest BCUT2D eigenvalue weighted by Crippen LogP contribution is 2.10. The maximum atomic E-state index is 11.9. The summed E-state index contributed by atoms with van der Waals surface area (Å²) in [6.07, 6.45) is 0. The minimum atomic E-state index is 0.0136.